The van der Waals surface area contributed by atoms with Crippen LogP contribution in [0.25, 0.3) is 5.57 Å². The Balaban J connectivity index is 1.65. The highest BCUT2D eigenvalue weighted by Crippen LogP contribution is 2.39. The summed E-state index contributed by atoms with van der Waals surface area (Å²) in [6.45, 7) is 0. The third-order valence-electron chi connectivity index (χ3n) is 6.91. The molecule has 1 saturated carbocycles. The van der Waals surface area contributed by atoms with Crippen LogP contribution < -0.4 is 20.8 Å². The highest BCUT2D eigenvalue weighted by atomic mass is 35.5. The lowest BCUT2D eigenvalue weighted by atomic mass is 9.90. The van der Waals surface area contributed by atoms with Gasteiger partial charge in [0.25, 0.3) is 0 Å². The van der Waals surface area contributed by atoms with Gasteiger partial charge in [-0.25, -0.2) is 4.79 Å². The maximum absolute atomic E-state index is 13.9. The van der Waals surface area contributed by atoms with Crippen LogP contribution >= 0.6 is 22.9 Å². The first kappa shape index (κ1) is 26.9. The van der Waals surface area contributed by atoms with Crippen LogP contribution in [0, 0.1) is 0 Å². The van der Waals surface area contributed by atoms with Crippen molar-refractivity contribution in [3.05, 3.63) is 83.2 Å². The second-order valence-electron chi connectivity index (χ2n) is 9.43. The summed E-state index contributed by atoms with van der Waals surface area (Å²) in [5.41, 5.74) is -0.0131. The number of carboxylic acid groups (broad SMARTS) is 1. The van der Waals surface area contributed by atoms with Gasteiger partial charge in [0, 0.05) is 29.1 Å². The largest absolute Gasteiger partial charge is 0.493 e. The van der Waals surface area contributed by atoms with E-state index in [4.69, 9.17) is 16.7 Å². The van der Waals surface area contributed by atoms with E-state index in [1.165, 1.54) is 22.9 Å². The summed E-state index contributed by atoms with van der Waals surface area (Å²) in [5.74, 6) is -0.359. The number of aromatic hydroxyl groups is 1. The Morgan fingerprint density at radius 1 is 1.21 bits per heavy atom. The molecule has 3 N–H and O–H groups in total. The summed E-state index contributed by atoms with van der Waals surface area (Å²) in [6, 6.07) is 7.69. The lowest BCUT2D eigenvalue weighted by Gasteiger charge is -2.29. The normalized spacial score (nSPS) is 19.4. The summed E-state index contributed by atoms with van der Waals surface area (Å²) in [4.78, 5) is 24.0. The van der Waals surface area contributed by atoms with Gasteiger partial charge in [-0.15, -0.1) is 0 Å². The summed E-state index contributed by atoms with van der Waals surface area (Å²) < 4.78 is 43.0. The summed E-state index contributed by atoms with van der Waals surface area (Å²) >= 11 is 6.62. The molecule has 39 heavy (non-hydrogen) atoms. The average Bonchev–Trinajstić information content (AvgIpc) is 3.45. The number of carbonyl (C=O) groups is 1. The van der Waals surface area contributed by atoms with Gasteiger partial charge in [0.2, 0.25) is 5.88 Å². The highest BCUT2D eigenvalue weighted by molar-refractivity contribution is 7.10. The van der Waals surface area contributed by atoms with Gasteiger partial charge in [-0.2, -0.15) is 23.4 Å². The zero-order valence-corrected chi connectivity index (χ0v) is 21.8. The monoisotopic (exact) mass is 578 g/mol. The van der Waals surface area contributed by atoms with Crippen LogP contribution in [0.2, 0.25) is 5.02 Å². The van der Waals surface area contributed by atoms with E-state index in [9.17, 15) is 27.9 Å². The molecule has 1 amide bonds. The molecule has 1 aliphatic heterocycles. The molecule has 1 aromatic heterocycles. The number of benzene rings is 2. The predicted molar refractivity (Wildman–Crippen MR) is 140 cm³/mol. The van der Waals surface area contributed by atoms with E-state index in [1.54, 1.807) is 18.2 Å². The molecule has 204 valence electrons. The quantitative estimate of drug-likeness (QED) is 0.415. The topological polar surface area (TPSA) is 116 Å². The molecule has 2 aliphatic rings. The van der Waals surface area contributed by atoms with Crippen molar-refractivity contribution in [3.8, 4) is 5.88 Å². The first-order chi connectivity index (χ1) is 18.5. The van der Waals surface area contributed by atoms with Crippen molar-refractivity contribution in [3.63, 3.8) is 0 Å². The Labute approximate surface area is 228 Å². The van der Waals surface area contributed by atoms with Gasteiger partial charge in [-0.1, -0.05) is 35.1 Å². The summed E-state index contributed by atoms with van der Waals surface area (Å²) in [6.07, 6.45) is -2.49. The van der Waals surface area contributed by atoms with Crippen molar-refractivity contribution in [1.29, 1.82) is 0 Å². The standard InChI is InChI=1S/C26H22ClF3N4O4S/c27-16-6-4-14(20(10-16)26(28,29)30)9-19(13-5-7-21-15(8-13)12-31-33-21)22-23(35)34(25(38)39-22)18-3-1-2-17(11-18)32-24(36)37/h4-8,10,12,17-18,32,35H,1-3,9,11H2,(H,36,37). The fourth-order valence-electron chi connectivity index (χ4n) is 5.16. The van der Waals surface area contributed by atoms with Gasteiger partial charge in [0.1, 0.15) is 0 Å². The van der Waals surface area contributed by atoms with Gasteiger partial charge in [-0.3, -0.25) is 9.36 Å². The number of alkyl halides is 3. The third-order valence-corrected chi connectivity index (χ3v) is 8.15. The van der Waals surface area contributed by atoms with Crippen molar-refractivity contribution in [2.24, 2.45) is 10.2 Å². The zero-order chi connectivity index (χ0) is 27.9. The molecule has 0 radical (unpaired) electrons. The Morgan fingerprint density at radius 3 is 2.74 bits per heavy atom. The number of halogens is 4. The summed E-state index contributed by atoms with van der Waals surface area (Å²) in [5, 5.41) is 31.8. The Bertz CT molecular complexity index is 1660. The van der Waals surface area contributed by atoms with Gasteiger partial charge in [-0.05, 0) is 66.3 Å². The van der Waals surface area contributed by atoms with Crippen molar-refractivity contribution in [2.75, 3.05) is 0 Å². The molecular weight excluding hydrogens is 557 g/mol. The maximum atomic E-state index is 13.9. The molecule has 0 saturated heterocycles. The van der Waals surface area contributed by atoms with Gasteiger partial charge < -0.3 is 15.5 Å². The van der Waals surface area contributed by atoms with Crippen molar-refractivity contribution < 1.29 is 28.2 Å². The predicted octanol–water partition coefficient (Wildman–Crippen LogP) is 4.45. The second kappa shape index (κ2) is 10.5. The number of thiazole rings is 1. The molecule has 2 heterocycles. The fourth-order valence-corrected chi connectivity index (χ4v) is 6.34. The van der Waals surface area contributed by atoms with Crippen LogP contribution in [0.4, 0.5) is 18.0 Å². The van der Waals surface area contributed by atoms with E-state index in [0.29, 0.717) is 47.4 Å². The lowest BCUT2D eigenvalue weighted by molar-refractivity contribution is -0.138. The van der Waals surface area contributed by atoms with Crippen LogP contribution in [-0.2, 0) is 12.6 Å². The fraction of sp³-hybridized carbons (Fsp3) is 0.308. The van der Waals surface area contributed by atoms with E-state index in [2.05, 4.69) is 15.5 Å². The minimum atomic E-state index is -4.68. The smallest absolute Gasteiger partial charge is 0.416 e. The number of aromatic nitrogens is 1. The van der Waals surface area contributed by atoms with E-state index < -0.39 is 28.7 Å². The van der Waals surface area contributed by atoms with Crippen LogP contribution in [-0.4, -0.2) is 33.1 Å². The number of fused-ring (bicyclic) bond motifs is 1. The molecule has 3 aromatic rings. The molecule has 2 unspecified atom stereocenters. The third kappa shape index (κ3) is 5.57. The van der Waals surface area contributed by atoms with E-state index in [0.717, 1.165) is 17.4 Å². The molecule has 5 rings (SSSR count). The molecule has 1 fully saturated rings. The van der Waals surface area contributed by atoms with Crippen LogP contribution in [0.3, 0.4) is 0 Å². The minimum Gasteiger partial charge on any atom is -0.493 e. The molecule has 2 aromatic carbocycles. The minimum absolute atomic E-state index is 0.0662. The molecule has 0 spiro atoms. The van der Waals surface area contributed by atoms with Crippen molar-refractivity contribution in [2.45, 2.75) is 50.4 Å². The van der Waals surface area contributed by atoms with Gasteiger partial charge in [0.15, 0.2) is 0 Å². The van der Waals surface area contributed by atoms with E-state index >= 15 is 0 Å². The molecule has 13 heteroatoms. The van der Waals surface area contributed by atoms with E-state index in [-0.39, 0.29) is 33.8 Å². The number of nitrogens with zero attached hydrogens (tertiary/aromatic N) is 3. The number of hydrogen-bond acceptors (Lipinski definition) is 6. The molecular formula is C26H22ClF3N4O4S. The first-order valence-corrected chi connectivity index (χ1v) is 13.2. The molecule has 1 aliphatic carbocycles. The lowest BCUT2D eigenvalue weighted by Crippen LogP contribution is -2.39. The highest BCUT2D eigenvalue weighted by Gasteiger charge is 2.35. The average molecular weight is 579 g/mol. The Hall–Kier alpha value is -3.64. The van der Waals surface area contributed by atoms with Crippen LogP contribution in [0.1, 0.15) is 53.3 Å². The Morgan fingerprint density at radius 2 is 2.00 bits per heavy atom. The number of rotatable bonds is 5. The Kier molecular flexibility index (Phi) is 7.25. The number of hydrogen-bond donors (Lipinski definition) is 3. The van der Waals surface area contributed by atoms with Crippen LogP contribution in [0.5, 0.6) is 5.88 Å². The van der Waals surface area contributed by atoms with Crippen LogP contribution in [0.15, 0.2) is 51.4 Å². The summed E-state index contributed by atoms with van der Waals surface area (Å²) in [7, 11) is 0. The molecule has 8 nitrogen and oxygen atoms in total. The van der Waals surface area contributed by atoms with Gasteiger partial charge >= 0.3 is 17.1 Å². The maximum Gasteiger partial charge on any atom is 0.416 e. The number of amides is 1. The molecule has 0 bridgehead atoms. The van der Waals surface area contributed by atoms with Gasteiger partial charge in [0.05, 0.1) is 22.0 Å². The number of nitrogens with one attached hydrogen (secondary N) is 1. The van der Waals surface area contributed by atoms with E-state index in [1.807, 2.05) is 0 Å². The SMILES string of the molecule is O=C(O)NC1CCCC(n2c(O)c(C(Cc3ccc(Cl)cc3C(F)(F)F)=c3ccc4c(c3)C=NN=4)sc2=O)C1. The van der Waals surface area contributed by atoms with Crippen molar-refractivity contribution >= 4 is 40.8 Å². The zero-order valence-electron chi connectivity index (χ0n) is 20.2. The molecule has 2 atom stereocenters. The second-order valence-corrected chi connectivity index (χ2v) is 10.8. The van der Waals surface area contributed by atoms with Crippen molar-refractivity contribution in [1.82, 2.24) is 9.88 Å². The first-order valence-electron chi connectivity index (χ1n) is 12.1.